The molecule has 2 bridgehead atoms. The summed E-state index contributed by atoms with van der Waals surface area (Å²) in [5.74, 6) is -0.0268. The number of Topliss-reactive ketones (excluding diaryl/α,β-unsaturated/α-hetero) is 1. The molecule has 2 aliphatic rings. The third-order valence-electron chi connectivity index (χ3n) is 2.55. The molecule has 0 unspecified atom stereocenters. The maximum Gasteiger partial charge on any atom is 0.218 e. The lowest BCUT2D eigenvalue weighted by molar-refractivity contribution is -0.156. The smallest absolute Gasteiger partial charge is 0.218 e. The summed E-state index contributed by atoms with van der Waals surface area (Å²) in [5, 5.41) is 8.02. The number of carbonyl (C=O) groups excluding carboxylic acids is 1. The van der Waals surface area contributed by atoms with E-state index in [1.807, 2.05) is 0 Å². The van der Waals surface area contributed by atoms with Gasteiger partial charge >= 0.3 is 0 Å². The number of aromatic nitrogens is 3. The van der Waals surface area contributed by atoms with Crippen molar-refractivity contribution in [1.29, 1.82) is 0 Å². The number of hydrogen-bond acceptors (Lipinski definition) is 5. The summed E-state index contributed by atoms with van der Waals surface area (Å²) in [6, 6.07) is -0.115. The van der Waals surface area contributed by atoms with Crippen molar-refractivity contribution in [2.24, 2.45) is 0 Å². The lowest BCUT2D eigenvalue weighted by Gasteiger charge is -2.25. The van der Waals surface area contributed by atoms with Gasteiger partial charge in [-0.15, -0.1) is 0 Å². The van der Waals surface area contributed by atoms with E-state index in [-0.39, 0.29) is 17.9 Å². The largest absolute Gasteiger partial charge is 0.343 e. The summed E-state index contributed by atoms with van der Waals surface area (Å²) < 4.78 is 10.6. The summed E-state index contributed by atoms with van der Waals surface area (Å²) >= 11 is 0. The highest BCUT2D eigenvalue weighted by Crippen LogP contribution is 2.31. The minimum absolute atomic E-state index is 0.0268. The predicted octanol–water partition coefficient (Wildman–Crippen LogP) is -0.467. The topological polar surface area (TPSA) is 66.2 Å². The van der Waals surface area contributed by atoms with Crippen LogP contribution in [0, 0.1) is 0 Å². The lowest BCUT2D eigenvalue weighted by atomic mass is 10.0. The fourth-order valence-electron chi connectivity index (χ4n) is 1.85. The molecular weight excluding hydrogens is 186 g/mol. The van der Waals surface area contributed by atoms with Gasteiger partial charge in [0.1, 0.15) is 12.1 Å². The van der Waals surface area contributed by atoms with Gasteiger partial charge in [0.05, 0.1) is 19.0 Å². The van der Waals surface area contributed by atoms with Crippen molar-refractivity contribution >= 4 is 5.78 Å². The minimum Gasteiger partial charge on any atom is -0.343 e. The van der Waals surface area contributed by atoms with Crippen LogP contribution in [0.4, 0.5) is 0 Å². The SMILES string of the molecule is O=C1C[C@H](n2nccn2)[C@H]2CO[C@@H]1O2. The van der Waals surface area contributed by atoms with E-state index in [4.69, 9.17) is 9.47 Å². The Balaban J connectivity index is 1.90. The van der Waals surface area contributed by atoms with E-state index < -0.39 is 6.29 Å². The third-order valence-corrected chi connectivity index (χ3v) is 2.55. The van der Waals surface area contributed by atoms with Crippen LogP contribution in [0.5, 0.6) is 0 Å². The van der Waals surface area contributed by atoms with Gasteiger partial charge in [-0.2, -0.15) is 15.0 Å². The van der Waals surface area contributed by atoms with Crippen molar-refractivity contribution in [2.75, 3.05) is 6.61 Å². The molecule has 1 aromatic rings. The van der Waals surface area contributed by atoms with E-state index in [0.29, 0.717) is 13.0 Å². The monoisotopic (exact) mass is 195 g/mol. The first-order chi connectivity index (χ1) is 6.84. The quantitative estimate of drug-likeness (QED) is 0.606. The van der Waals surface area contributed by atoms with Crippen molar-refractivity contribution in [3.05, 3.63) is 12.4 Å². The predicted molar refractivity (Wildman–Crippen MR) is 43.3 cm³/mol. The molecule has 0 aliphatic carbocycles. The van der Waals surface area contributed by atoms with E-state index in [2.05, 4.69) is 10.2 Å². The summed E-state index contributed by atoms with van der Waals surface area (Å²) in [7, 11) is 0. The molecule has 6 nitrogen and oxygen atoms in total. The fraction of sp³-hybridized carbons (Fsp3) is 0.625. The summed E-state index contributed by atoms with van der Waals surface area (Å²) in [4.78, 5) is 13.0. The van der Waals surface area contributed by atoms with E-state index in [1.165, 1.54) is 4.80 Å². The van der Waals surface area contributed by atoms with Gasteiger partial charge in [-0.25, -0.2) is 0 Å². The van der Waals surface area contributed by atoms with Crippen LogP contribution < -0.4 is 0 Å². The molecule has 0 N–H and O–H groups in total. The molecule has 2 saturated heterocycles. The second-order valence-corrected chi connectivity index (χ2v) is 3.43. The van der Waals surface area contributed by atoms with Crippen LogP contribution in [-0.2, 0) is 14.3 Å². The van der Waals surface area contributed by atoms with Crippen molar-refractivity contribution < 1.29 is 14.3 Å². The first-order valence-electron chi connectivity index (χ1n) is 4.50. The average molecular weight is 195 g/mol. The first kappa shape index (κ1) is 8.07. The molecule has 0 spiro atoms. The molecule has 1 aromatic heterocycles. The zero-order valence-corrected chi connectivity index (χ0v) is 7.37. The van der Waals surface area contributed by atoms with E-state index >= 15 is 0 Å². The molecule has 74 valence electrons. The molecule has 14 heavy (non-hydrogen) atoms. The van der Waals surface area contributed by atoms with E-state index in [1.54, 1.807) is 12.4 Å². The molecule has 0 aromatic carbocycles. The fourth-order valence-corrected chi connectivity index (χ4v) is 1.85. The second kappa shape index (κ2) is 2.86. The minimum atomic E-state index is -0.646. The number of carbonyl (C=O) groups is 1. The van der Waals surface area contributed by atoms with Crippen molar-refractivity contribution in [3.8, 4) is 0 Å². The van der Waals surface area contributed by atoms with E-state index in [0.717, 1.165) is 0 Å². The van der Waals surface area contributed by atoms with Gasteiger partial charge in [0.2, 0.25) is 6.29 Å². The zero-order chi connectivity index (χ0) is 9.54. The van der Waals surface area contributed by atoms with Gasteiger partial charge in [-0.05, 0) is 0 Å². The number of ketones is 1. The van der Waals surface area contributed by atoms with Crippen molar-refractivity contribution in [3.63, 3.8) is 0 Å². The molecule has 2 aliphatic heterocycles. The van der Waals surface area contributed by atoms with Crippen LogP contribution in [0.15, 0.2) is 12.4 Å². The van der Waals surface area contributed by atoms with E-state index in [9.17, 15) is 4.79 Å². The molecular formula is C8H9N3O3. The van der Waals surface area contributed by atoms with Crippen molar-refractivity contribution in [2.45, 2.75) is 24.9 Å². The summed E-state index contributed by atoms with van der Waals surface area (Å²) in [6.45, 7) is 0.447. The second-order valence-electron chi connectivity index (χ2n) is 3.43. The van der Waals surface area contributed by atoms with Crippen molar-refractivity contribution in [1.82, 2.24) is 15.0 Å². The first-order valence-corrected chi connectivity index (χ1v) is 4.50. The van der Waals surface area contributed by atoms with Gasteiger partial charge < -0.3 is 9.47 Å². The van der Waals surface area contributed by atoms with Gasteiger partial charge in [-0.1, -0.05) is 0 Å². The zero-order valence-electron chi connectivity index (χ0n) is 7.37. The maximum absolute atomic E-state index is 11.4. The Morgan fingerprint density at radius 3 is 3.00 bits per heavy atom. The average Bonchev–Trinajstić information content (AvgIpc) is 2.83. The van der Waals surface area contributed by atoms with Gasteiger partial charge in [-0.3, -0.25) is 4.79 Å². The van der Waals surface area contributed by atoms with Crippen LogP contribution in [0.3, 0.4) is 0 Å². The molecule has 3 heterocycles. The highest BCUT2D eigenvalue weighted by molar-refractivity contribution is 5.83. The molecule has 0 saturated carbocycles. The third kappa shape index (κ3) is 1.08. The van der Waals surface area contributed by atoms with Gasteiger partial charge in [0.15, 0.2) is 5.78 Å². The highest BCUT2D eigenvalue weighted by Gasteiger charge is 2.44. The normalized spacial score (nSPS) is 36.3. The number of fused-ring (bicyclic) bond motifs is 2. The molecule has 3 atom stereocenters. The number of ether oxygens (including phenoxy) is 2. The van der Waals surface area contributed by atoms with Crippen LogP contribution >= 0.6 is 0 Å². The summed E-state index contributed by atoms with van der Waals surface area (Å²) in [5.41, 5.74) is 0. The van der Waals surface area contributed by atoms with Gasteiger partial charge in [0.25, 0.3) is 0 Å². The van der Waals surface area contributed by atoms with Crippen LogP contribution in [0.1, 0.15) is 12.5 Å². The van der Waals surface area contributed by atoms with Crippen LogP contribution in [0.25, 0.3) is 0 Å². The molecule has 0 amide bonds. The maximum atomic E-state index is 11.4. The number of rotatable bonds is 1. The Bertz CT molecular complexity index is 351. The summed E-state index contributed by atoms with van der Waals surface area (Å²) in [6.07, 6.45) is 2.83. The number of nitrogens with zero attached hydrogens (tertiary/aromatic N) is 3. The Morgan fingerprint density at radius 1 is 1.43 bits per heavy atom. The van der Waals surface area contributed by atoms with Gasteiger partial charge in [0, 0.05) is 6.42 Å². The molecule has 6 heteroatoms. The lowest BCUT2D eigenvalue weighted by Crippen LogP contribution is -2.37. The molecule has 3 rings (SSSR count). The number of hydrogen-bond donors (Lipinski definition) is 0. The molecule has 0 radical (unpaired) electrons. The Kier molecular flexibility index (Phi) is 1.65. The Hall–Kier alpha value is -1.27. The Labute approximate surface area is 79.8 Å². The van der Waals surface area contributed by atoms with Crippen LogP contribution in [-0.4, -0.2) is 39.8 Å². The highest BCUT2D eigenvalue weighted by atomic mass is 16.7. The Morgan fingerprint density at radius 2 is 2.21 bits per heavy atom. The standard InChI is InChI=1S/C8H9N3O3/c12-6-3-5(11-9-1-2-10-11)7-4-13-8(6)14-7/h1-2,5,7-8H,3-4H2/t5-,7+,8+/m0/s1. The van der Waals surface area contributed by atoms with Crippen LogP contribution in [0.2, 0.25) is 0 Å². The molecule has 2 fully saturated rings.